The largest absolute Gasteiger partial charge is 0.465 e. The molecule has 9 heteroatoms. The quantitative estimate of drug-likeness (QED) is 0.228. The maximum atomic E-state index is 13.6. The van der Waals surface area contributed by atoms with E-state index in [0.29, 0.717) is 50.2 Å². The number of carbonyl (C=O) groups excluding carboxylic acids is 2. The van der Waals surface area contributed by atoms with Crippen molar-refractivity contribution in [3.63, 3.8) is 0 Å². The van der Waals surface area contributed by atoms with Gasteiger partial charge in [-0.2, -0.15) is 0 Å². The van der Waals surface area contributed by atoms with Gasteiger partial charge in [0.1, 0.15) is 5.60 Å². The van der Waals surface area contributed by atoms with Crippen LogP contribution in [0, 0.1) is 0 Å². The van der Waals surface area contributed by atoms with Gasteiger partial charge in [-0.3, -0.25) is 9.59 Å². The zero-order chi connectivity index (χ0) is 27.0. The van der Waals surface area contributed by atoms with Gasteiger partial charge < -0.3 is 20.1 Å². The molecule has 1 fully saturated rings. The van der Waals surface area contributed by atoms with Crippen molar-refractivity contribution in [2.75, 3.05) is 13.7 Å². The van der Waals surface area contributed by atoms with Crippen LogP contribution in [-0.4, -0.2) is 58.1 Å². The van der Waals surface area contributed by atoms with Crippen LogP contribution in [0.1, 0.15) is 66.7 Å². The number of rotatable bonds is 12. The highest BCUT2D eigenvalue weighted by Crippen LogP contribution is 2.32. The summed E-state index contributed by atoms with van der Waals surface area (Å²) >= 11 is 1.32. The van der Waals surface area contributed by atoms with Gasteiger partial charge in [-0.05, 0) is 49.8 Å². The van der Waals surface area contributed by atoms with E-state index in [1.165, 1.54) is 16.2 Å². The predicted octanol–water partition coefficient (Wildman–Crippen LogP) is 5.66. The molecular formula is C29H35N3O5S. The highest BCUT2D eigenvalue weighted by atomic mass is 32.1. The molecule has 0 spiro atoms. The molecule has 1 aliphatic carbocycles. The third kappa shape index (κ3) is 6.76. The molecule has 1 heterocycles. The van der Waals surface area contributed by atoms with E-state index in [0.717, 1.165) is 35.0 Å². The lowest BCUT2D eigenvalue weighted by Gasteiger charge is -2.35. The van der Waals surface area contributed by atoms with E-state index < -0.39 is 17.7 Å². The first-order valence-electron chi connectivity index (χ1n) is 13.2. The van der Waals surface area contributed by atoms with Crippen molar-refractivity contribution in [2.24, 2.45) is 0 Å². The zero-order valence-corrected chi connectivity index (χ0v) is 22.5. The third-order valence-electron chi connectivity index (χ3n) is 7.25. The van der Waals surface area contributed by atoms with Crippen LogP contribution in [0.15, 0.2) is 54.6 Å². The Morgan fingerprint density at radius 3 is 2.45 bits per heavy atom. The molecule has 0 saturated heterocycles. The molecule has 8 nitrogen and oxygen atoms in total. The lowest BCUT2D eigenvalue weighted by atomic mass is 9.83. The van der Waals surface area contributed by atoms with E-state index in [1.807, 2.05) is 54.6 Å². The van der Waals surface area contributed by atoms with Gasteiger partial charge in [-0.25, -0.2) is 9.78 Å². The molecule has 0 aliphatic heterocycles. The van der Waals surface area contributed by atoms with Crippen LogP contribution in [0.4, 0.5) is 4.79 Å². The lowest BCUT2D eigenvalue weighted by molar-refractivity contribution is -0.148. The summed E-state index contributed by atoms with van der Waals surface area (Å²) in [7, 11) is 1.56. The van der Waals surface area contributed by atoms with Gasteiger partial charge in [-0.15, -0.1) is 11.3 Å². The second kappa shape index (κ2) is 13.0. The van der Waals surface area contributed by atoms with Crippen molar-refractivity contribution in [3.8, 4) is 0 Å². The predicted molar refractivity (Wildman–Crippen MR) is 147 cm³/mol. The molecule has 1 atom stereocenters. The average Bonchev–Trinajstić information content (AvgIpc) is 3.38. The summed E-state index contributed by atoms with van der Waals surface area (Å²) in [4.78, 5) is 44.7. The molecule has 2 N–H and O–H groups in total. The number of carboxylic acid groups (broad SMARTS) is 1. The van der Waals surface area contributed by atoms with Gasteiger partial charge in [0.2, 0.25) is 5.78 Å². The van der Waals surface area contributed by atoms with Crippen LogP contribution in [-0.2, 0) is 16.1 Å². The number of hydrogen-bond acceptors (Lipinski definition) is 6. The van der Waals surface area contributed by atoms with Crippen LogP contribution in [0.3, 0.4) is 0 Å². The Balaban J connectivity index is 1.44. The van der Waals surface area contributed by atoms with Gasteiger partial charge in [0, 0.05) is 20.2 Å². The first-order chi connectivity index (χ1) is 18.4. The summed E-state index contributed by atoms with van der Waals surface area (Å²) in [5, 5.41) is 13.0. The SMILES string of the molecule is COC1(C(=O)N[C@@H](CCCCN(Cc2ccccc2)C(=O)O)C(=O)c2nc3ccccc3s2)CCCCC1. The molecule has 1 aliphatic rings. The third-order valence-corrected chi connectivity index (χ3v) is 8.30. The number of benzene rings is 2. The van der Waals surface area contributed by atoms with Crippen LogP contribution < -0.4 is 5.32 Å². The molecule has 2 aromatic carbocycles. The number of ketones is 1. The highest BCUT2D eigenvalue weighted by Gasteiger charge is 2.41. The molecule has 202 valence electrons. The molecule has 38 heavy (non-hydrogen) atoms. The Bertz CT molecular complexity index is 1210. The molecule has 0 bridgehead atoms. The Morgan fingerprint density at radius 1 is 1.05 bits per heavy atom. The number of hydrogen-bond donors (Lipinski definition) is 2. The zero-order valence-electron chi connectivity index (χ0n) is 21.7. The Kier molecular flexibility index (Phi) is 9.47. The summed E-state index contributed by atoms with van der Waals surface area (Å²) in [6, 6.07) is 16.3. The number of aromatic nitrogens is 1. The molecule has 0 unspecified atom stereocenters. The molecular weight excluding hydrogens is 502 g/mol. The normalized spacial score (nSPS) is 15.6. The number of nitrogens with zero attached hydrogens (tertiary/aromatic N) is 2. The van der Waals surface area contributed by atoms with Crippen molar-refractivity contribution in [3.05, 3.63) is 65.2 Å². The number of nitrogens with one attached hydrogen (secondary N) is 1. The minimum absolute atomic E-state index is 0.221. The fraction of sp³-hybridized carbons (Fsp3) is 0.448. The van der Waals surface area contributed by atoms with Crippen molar-refractivity contribution >= 4 is 39.3 Å². The second-order valence-corrected chi connectivity index (χ2v) is 10.9. The fourth-order valence-electron chi connectivity index (χ4n) is 5.03. The Hall–Kier alpha value is -3.30. The van der Waals surface area contributed by atoms with Crippen molar-refractivity contribution < 1.29 is 24.2 Å². The van der Waals surface area contributed by atoms with E-state index in [2.05, 4.69) is 10.3 Å². The number of thiazole rings is 1. The Labute approximate surface area is 227 Å². The van der Waals surface area contributed by atoms with Gasteiger partial charge in [0.15, 0.2) is 5.01 Å². The first-order valence-corrected chi connectivity index (χ1v) is 14.0. The van der Waals surface area contributed by atoms with Gasteiger partial charge in [0.25, 0.3) is 5.91 Å². The van der Waals surface area contributed by atoms with Crippen molar-refractivity contribution in [2.45, 2.75) is 69.6 Å². The smallest absolute Gasteiger partial charge is 0.407 e. The van der Waals surface area contributed by atoms with E-state index in [1.54, 1.807) is 7.11 Å². The Morgan fingerprint density at radius 2 is 1.76 bits per heavy atom. The van der Waals surface area contributed by atoms with Crippen LogP contribution >= 0.6 is 11.3 Å². The summed E-state index contributed by atoms with van der Waals surface area (Å²) < 4.78 is 6.62. The average molecular weight is 538 g/mol. The summed E-state index contributed by atoms with van der Waals surface area (Å²) in [6.07, 6.45) is 4.68. The molecule has 2 amide bonds. The standard InChI is InChI=1S/C29H35N3O5S/c1-37-29(17-9-3-10-18-29)27(34)31-23(25(33)26-30-22-14-6-7-16-24(22)38-26)15-8-11-19-32(28(35)36)20-21-12-4-2-5-13-21/h2,4-7,12-14,16,23H,3,8-11,15,17-20H2,1H3,(H,31,34)(H,35,36)/t23-/m0/s1. The van der Waals surface area contributed by atoms with E-state index in [9.17, 15) is 19.5 Å². The van der Waals surface area contributed by atoms with Gasteiger partial charge in [-0.1, -0.05) is 61.7 Å². The fourth-order valence-corrected chi connectivity index (χ4v) is 5.99. The summed E-state index contributed by atoms with van der Waals surface area (Å²) in [5.74, 6) is -0.476. The van der Waals surface area contributed by atoms with Crippen molar-refractivity contribution in [1.82, 2.24) is 15.2 Å². The topological polar surface area (TPSA) is 109 Å². The van der Waals surface area contributed by atoms with Crippen molar-refractivity contribution in [1.29, 1.82) is 0 Å². The summed E-state index contributed by atoms with van der Waals surface area (Å²) in [5.41, 5.74) is 0.758. The number of para-hydroxylation sites is 1. The van der Waals surface area contributed by atoms with E-state index >= 15 is 0 Å². The number of methoxy groups -OCH3 is 1. The van der Waals surface area contributed by atoms with E-state index in [4.69, 9.17) is 4.74 Å². The first kappa shape index (κ1) is 27.7. The monoisotopic (exact) mass is 537 g/mol. The van der Waals surface area contributed by atoms with E-state index in [-0.39, 0.29) is 11.7 Å². The lowest BCUT2D eigenvalue weighted by Crippen LogP contribution is -2.54. The number of fused-ring (bicyclic) bond motifs is 1. The number of unbranched alkanes of at least 4 members (excludes halogenated alkanes) is 1. The number of carbonyl (C=O) groups is 3. The minimum Gasteiger partial charge on any atom is -0.465 e. The maximum absolute atomic E-state index is 13.6. The molecule has 0 radical (unpaired) electrons. The maximum Gasteiger partial charge on any atom is 0.407 e. The highest BCUT2D eigenvalue weighted by molar-refractivity contribution is 7.20. The number of ether oxygens (including phenoxy) is 1. The van der Waals surface area contributed by atoms with Crippen LogP contribution in [0.25, 0.3) is 10.2 Å². The molecule has 3 aromatic rings. The molecule has 4 rings (SSSR count). The number of amides is 2. The second-order valence-electron chi connectivity index (χ2n) is 9.82. The van der Waals surface area contributed by atoms with Crippen LogP contribution in [0.2, 0.25) is 0 Å². The molecule has 1 saturated carbocycles. The van der Waals surface area contributed by atoms with Crippen LogP contribution in [0.5, 0.6) is 0 Å². The molecule has 1 aromatic heterocycles. The number of Topliss-reactive ketones (excluding diaryl/α,β-unsaturated/α-hetero) is 1. The minimum atomic E-state index is -0.983. The van der Waals surface area contributed by atoms with Gasteiger partial charge >= 0.3 is 6.09 Å². The van der Waals surface area contributed by atoms with Gasteiger partial charge in [0.05, 0.1) is 16.3 Å². The summed E-state index contributed by atoms with van der Waals surface area (Å²) in [6.45, 7) is 0.638.